The number of rotatable bonds is 4. The first-order chi connectivity index (χ1) is 8.13. The van der Waals surface area contributed by atoms with Crippen LogP contribution in [0.2, 0.25) is 5.02 Å². The summed E-state index contributed by atoms with van der Waals surface area (Å²) in [6, 6.07) is 7.00. The first kappa shape index (κ1) is 11.9. The topological polar surface area (TPSA) is 50.1 Å². The summed E-state index contributed by atoms with van der Waals surface area (Å²) in [6.45, 7) is 2.39. The largest absolute Gasteiger partial charge is 0.492 e. The minimum Gasteiger partial charge on any atom is -0.492 e. The highest BCUT2D eigenvalue weighted by atomic mass is 35.5. The van der Waals surface area contributed by atoms with E-state index in [1.54, 1.807) is 18.2 Å². The summed E-state index contributed by atoms with van der Waals surface area (Å²) in [4.78, 5) is 12.1. The third kappa shape index (κ3) is 2.13. The van der Waals surface area contributed by atoms with E-state index in [-0.39, 0.29) is 5.78 Å². The number of carbonyl (C=O) groups is 1. The SMILES string of the molecule is CCOc1ccc(C(=O)C2(C#N)CC2)cc1Cl. The fraction of sp³-hybridized carbons (Fsp3) is 0.385. The van der Waals surface area contributed by atoms with Gasteiger partial charge in [-0.05, 0) is 38.0 Å². The molecule has 1 aromatic rings. The Kier molecular flexibility index (Phi) is 3.08. The van der Waals surface area contributed by atoms with Crippen LogP contribution in [0.5, 0.6) is 5.75 Å². The van der Waals surface area contributed by atoms with Crippen molar-refractivity contribution in [2.45, 2.75) is 19.8 Å². The van der Waals surface area contributed by atoms with E-state index in [0.717, 1.165) is 0 Å². The summed E-state index contributed by atoms with van der Waals surface area (Å²) in [5, 5.41) is 9.38. The standard InChI is InChI=1S/C13H12ClNO2/c1-2-17-11-4-3-9(7-10(11)14)12(16)13(8-15)5-6-13/h3-4,7H,2,5-6H2,1H3. The molecule has 0 N–H and O–H groups in total. The van der Waals surface area contributed by atoms with Gasteiger partial charge in [-0.2, -0.15) is 5.26 Å². The van der Waals surface area contributed by atoms with Gasteiger partial charge in [-0.1, -0.05) is 11.6 Å². The van der Waals surface area contributed by atoms with E-state index in [4.69, 9.17) is 21.6 Å². The van der Waals surface area contributed by atoms with E-state index in [2.05, 4.69) is 6.07 Å². The molecule has 0 aliphatic heterocycles. The van der Waals surface area contributed by atoms with E-state index < -0.39 is 5.41 Å². The molecule has 0 unspecified atom stereocenters. The van der Waals surface area contributed by atoms with E-state index in [9.17, 15) is 4.79 Å². The Balaban J connectivity index is 2.27. The van der Waals surface area contributed by atoms with Crippen LogP contribution in [0.1, 0.15) is 30.1 Å². The van der Waals surface area contributed by atoms with Crippen molar-refractivity contribution in [3.8, 4) is 11.8 Å². The quantitative estimate of drug-likeness (QED) is 0.770. The molecule has 0 saturated heterocycles. The van der Waals surface area contributed by atoms with Crippen molar-refractivity contribution in [3.63, 3.8) is 0 Å². The van der Waals surface area contributed by atoms with Crippen molar-refractivity contribution >= 4 is 17.4 Å². The van der Waals surface area contributed by atoms with Gasteiger partial charge in [-0.3, -0.25) is 4.79 Å². The molecule has 3 nitrogen and oxygen atoms in total. The highest BCUT2D eigenvalue weighted by Crippen LogP contribution is 2.47. The monoisotopic (exact) mass is 249 g/mol. The average molecular weight is 250 g/mol. The van der Waals surface area contributed by atoms with Gasteiger partial charge in [-0.15, -0.1) is 0 Å². The third-order valence-electron chi connectivity index (χ3n) is 2.89. The predicted molar refractivity (Wildman–Crippen MR) is 64.2 cm³/mol. The van der Waals surface area contributed by atoms with Crippen LogP contribution in [0.15, 0.2) is 18.2 Å². The highest BCUT2D eigenvalue weighted by Gasteiger charge is 2.50. The van der Waals surface area contributed by atoms with Crippen molar-refractivity contribution in [3.05, 3.63) is 28.8 Å². The molecule has 1 aliphatic carbocycles. The predicted octanol–water partition coefficient (Wildman–Crippen LogP) is 3.23. The van der Waals surface area contributed by atoms with E-state index in [1.807, 2.05) is 6.92 Å². The number of nitrogens with zero attached hydrogens (tertiary/aromatic N) is 1. The molecule has 1 saturated carbocycles. The summed E-state index contributed by atoms with van der Waals surface area (Å²) in [6.07, 6.45) is 1.29. The maximum Gasteiger partial charge on any atom is 0.183 e. The number of hydrogen-bond acceptors (Lipinski definition) is 3. The second-order valence-corrected chi connectivity index (χ2v) is 4.51. The second kappa shape index (κ2) is 4.38. The first-order valence-corrected chi connectivity index (χ1v) is 5.89. The number of ketones is 1. The number of carbonyl (C=O) groups excluding carboxylic acids is 1. The lowest BCUT2D eigenvalue weighted by Crippen LogP contribution is -2.13. The summed E-state index contributed by atoms with van der Waals surface area (Å²) in [5.74, 6) is 0.428. The summed E-state index contributed by atoms with van der Waals surface area (Å²) < 4.78 is 5.29. The third-order valence-corrected chi connectivity index (χ3v) is 3.19. The number of benzene rings is 1. The first-order valence-electron chi connectivity index (χ1n) is 5.51. The molecular weight excluding hydrogens is 238 g/mol. The molecule has 0 amide bonds. The Morgan fingerprint density at radius 2 is 2.29 bits per heavy atom. The normalized spacial score (nSPS) is 16.1. The van der Waals surface area contributed by atoms with Gasteiger partial charge < -0.3 is 4.74 Å². The lowest BCUT2D eigenvalue weighted by atomic mass is 9.96. The molecule has 0 bridgehead atoms. The number of ether oxygens (including phenoxy) is 1. The van der Waals surface area contributed by atoms with Gasteiger partial charge in [0.05, 0.1) is 17.7 Å². The molecular formula is C13H12ClNO2. The van der Waals surface area contributed by atoms with Crippen LogP contribution < -0.4 is 4.74 Å². The van der Waals surface area contributed by atoms with E-state index in [1.165, 1.54) is 0 Å². The molecule has 0 radical (unpaired) electrons. The van der Waals surface area contributed by atoms with Crippen LogP contribution >= 0.6 is 11.6 Å². The molecule has 2 rings (SSSR count). The minimum atomic E-state index is -0.795. The Hall–Kier alpha value is -1.53. The van der Waals surface area contributed by atoms with Crippen LogP contribution in [0.4, 0.5) is 0 Å². The van der Waals surface area contributed by atoms with Crippen LogP contribution in [0.25, 0.3) is 0 Å². The zero-order chi connectivity index (χ0) is 12.5. The molecule has 0 aromatic heterocycles. The molecule has 0 spiro atoms. The highest BCUT2D eigenvalue weighted by molar-refractivity contribution is 6.32. The lowest BCUT2D eigenvalue weighted by Gasteiger charge is -2.08. The summed E-state index contributed by atoms with van der Waals surface area (Å²) >= 11 is 6.01. The van der Waals surface area contributed by atoms with Gasteiger partial charge in [0.2, 0.25) is 0 Å². The smallest absolute Gasteiger partial charge is 0.183 e. The molecule has 0 atom stereocenters. The zero-order valence-corrected chi connectivity index (χ0v) is 10.3. The van der Waals surface area contributed by atoms with Crippen LogP contribution in [-0.4, -0.2) is 12.4 Å². The molecule has 1 fully saturated rings. The summed E-state index contributed by atoms with van der Waals surface area (Å²) in [5.41, 5.74) is -0.311. The van der Waals surface area contributed by atoms with Crippen molar-refractivity contribution in [1.29, 1.82) is 5.26 Å². The zero-order valence-electron chi connectivity index (χ0n) is 9.50. The van der Waals surface area contributed by atoms with Crippen LogP contribution in [0.3, 0.4) is 0 Å². The van der Waals surface area contributed by atoms with Crippen molar-refractivity contribution in [2.75, 3.05) is 6.61 Å². The van der Waals surface area contributed by atoms with Gasteiger partial charge in [-0.25, -0.2) is 0 Å². The number of nitriles is 1. The number of Topliss-reactive ketones (excluding diaryl/α,β-unsaturated/α-hetero) is 1. The summed E-state index contributed by atoms with van der Waals surface area (Å²) in [7, 11) is 0. The van der Waals surface area contributed by atoms with Crippen molar-refractivity contribution < 1.29 is 9.53 Å². The van der Waals surface area contributed by atoms with Gasteiger partial charge in [0.1, 0.15) is 11.2 Å². The number of halogens is 1. The lowest BCUT2D eigenvalue weighted by molar-refractivity contribution is 0.0934. The Bertz CT molecular complexity index is 501. The van der Waals surface area contributed by atoms with Gasteiger partial charge in [0.25, 0.3) is 0 Å². The Labute approximate surface area is 105 Å². The van der Waals surface area contributed by atoms with E-state index >= 15 is 0 Å². The maximum atomic E-state index is 12.1. The average Bonchev–Trinajstić information content (AvgIpc) is 3.12. The molecule has 0 heterocycles. The fourth-order valence-corrected chi connectivity index (χ4v) is 1.94. The molecule has 1 aliphatic rings. The molecule has 4 heteroatoms. The van der Waals surface area contributed by atoms with Gasteiger partial charge in [0, 0.05) is 5.56 Å². The molecule has 88 valence electrons. The van der Waals surface area contributed by atoms with Crippen LogP contribution in [-0.2, 0) is 0 Å². The number of hydrogen-bond donors (Lipinski definition) is 0. The van der Waals surface area contributed by atoms with Crippen molar-refractivity contribution in [2.24, 2.45) is 5.41 Å². The molecule has 1 aromatic carbocycles. The second-order valence-electron chi connectivity index (χ2n) is 4.10. The molecule has 17 heavy (non-hydrogen) atoms. The van der Waals surface area contributed by atoms with E-state index in [0.29, 0.717) is 35.8 Å². The Morgan fingerprint density at radius 1 is 1.59 bits per heavy atom. The van der Waals surface area contributed by atoms with Crippen molar-refractivity contribution in [1.82, 2.24) is 0 Å². The minimum absolute atomic E-state index is 0.134. The fourth-order valence-electron chi connectivity index (χ4n) is 1.71. The van der Waals surface area contributed by atoms with Gasteiger partial charge >= 0.3 is 0 Å². The van der Waals surface area contributed by atoms with Gasteiger partial charge in [0.15, 0.2) is 5.78 Å². The maximum absolute atomic E-state index is 12.1. The van der Waals surface area contributed by atoms with Crippen LogP contribution in [0, 0.1) is 16.7 Å². The Morgan fingerprint density at radius 3 is 2.76 bits per heavy atom.